The Kier molecular flexibility index (Phi) is 1.58. The summed E-state index contributed by atoms with van der Waals surface area (Å²) in [6.07, 6.45) is 0. The molecule has 0 saturated heterocycles. The van der Waals surface area contributed by atoms with Gasteiger partial charge in [-0.15, -0.1) is 0 Å². The van der Waals surface area contributed by atoms with Crippen LogP contribution >= 0.6 is 0 Å². The molecular formula is C7H6N2O2S. The van der Waals surface area contributed by atoms with Crippen LogP contribution in [0.2, 0.25) is 0 Å². The maximum absolute atomic E-state index is 11.2. The van der Waals surface area contributed by atoms with E-state index in [4.69, 9.17) is 0 Å². The second-order valence-electron chi connectivity index (χ2n) is 2.35. The molecule has 1 heterocycles. The average molecular weight is 182 g/mol. The highest BCUT2D eigenvalue weighted by Crippen LogP contribution is 2.18. The van der Waals surface area contributed by atoms with Crippen molar-refractivity contribution in [3.05, 3.63) is 29.8 Å². The van der Waals surface area contributed by atoms with Gasteiger partial charge in [0.15, 0.2) is 0 Å². The van der Waals surface area contributed by atoms with E-state index in [9.17, 15) is 9.00 Å². The summed E-state index contributed by atoms with van der Waals surface area (Å²) in [6.45, 7) is 0. The third-order valence-electron chi connectivity index (χ3n) is 1.56. The Morgan fingerprint density at radius 2 is 1.92 bits per heavy atom. The van der Waals surface area contributed by atoms with Crippen LogP contribution in [0.3, 0.4) is 0 Å². The first-order valence-corrected chi connectivity index (χ1v) is 4.51. The van der Waals surface area contributed by atoms with E-state index in [1.54, 1.807) is 24.3 Å². The zero-order valence-electron chi connectivity index (χ0n) is 6.03. The van der Waals surface area contributed by atoms with Crippen molar-refractivity contribution in [1.29, 1.82) is 0 Å². The van der Waals surface area contributed by atoms with Crippen molar-refractivity contribution in [1.82, 2.24) is 4.72 Å². The highest BCUT2D eigenvalue weighted by Gasteiger charge is 2.19. The Labute approximate surface area is 71.7 Å². The topological polar surface area (TPSA) is 58.2 Å². The summed E-state index contributed by atoms with van der Waals surface area (Å²) >= 11 is -1.48. The number of amides is 1. The van der Waals surface area contributed by atoms with Gasteiger partial charge in [0.05, 0.1) is 11.3 Å². The molecule has 1 aliphatic heterocycles. The van der Waals surface area contributed by atoms with E-state index in [1.807, 2.05) is 0 Å². The molecule has 0 saturated carbocycles. The molecule has 0 unspecified atom stereocenters. The van der Waals surface area contributed by atoms with Crippen LogP contribution in [0.25, 0.3) is 0 Å². The van der Waals surface area contributed by atoms with Crippen LogP contribution in [0.15, 0.2) is 24.3 Å². The van der Waals surface area contributed by atoms with Crippen molar-refractivity contribution in [2.75, 3.05) is 4.72 Å². The smallest absolute Gasteiger partial charge is 0.266 e. The zero-order chi connectivity index (χ0) is 8.55. The minimum absolute atomic E-state index is 0.303. The van der Waals surface area contributed by atoms with E-state index in [-0.39, 0.29) is 5.91 Å². The fourth-order valence-corrected chi connectivity index (χ4v) is 1.74. The van der Waals surface area contributed by atoms with Gasteiger partial charge in [-0.2, -0.15) is 0 Å². The van der Waals surface area contributed by atoms with Gasteiger partial charge >= 0.3 is 0 Å². The van der Waals surface area contributed by atoms with Crippen molar-refractivity contribution in [2.24, 2.45) is 0 Å². The van der Waals surface area contributed by atoms with E-state index in [2.05, 4.69) is 9.44 Å². The van der Waals surface area contributed by atoms with E-state index in [0.717, 1.165) is 0 Å². The number of carbonyl (C=O) groups is 1. The SMILES string of the molecule is O=C1N[S@@](=O)Nc2ccccc21. The van der Waals surface area contributed by atoms with E-state index < -0.39 is 11.2 Å². The summed E-state index contributed by atoms with van der Waals surface area (Å²) in [4.78, 5) is 11.2. The predicted octanol–water partition coefficient (Wildman–Crippen LogP) is 0.421. The highest BCUT2D eigenvalue weighted by atomic mass is 32.2. The van der Waals surface area contributed by atoms with Crippen molar-refractivity contribution in [2.45, 2.75) is 0 Å². The molecule has 0 radical (unpaired) electrons. The first kappa shape index (κ1) is 7.30. The quantitative estimate of drug-likeness (QED) is 0.611. The molecule has 1 aromatic carbocycles. The van der Waals surface area contributed by atoms with Gasteiger partial charge in [0, 0.05) is 0 Å². The molecule has 0 bridgehead atoms. The number of anilines is 1. The maximum atomic E-state index is 11.2. The molecule has 0 fully saturated rings. The summed E-state index contributed by atoms with van der Waals surface area (Å²) in [5.41, 5.74) is 1.14. The molecule has 4 nitrogen and oxygen atoms in total. The molecule has 1 amide bonds. The molecule has 5 heteroatoms. The molecule has 62 valence electrons. The minimum atomic E-state index is -1.48. The summed E-state index contributed by atoms with van der Waals surface area (Å²) in [5, 5.41) is 0. The second kappa shape index (κ2) is 2.60. The Bertz CT molecular complexity index is 364. The number of hydrogen-bond donors (Lipinski definition) is 2. The van der Waals surface area contributed by atoms with Gasteiger partial charge in [-0.3, -0.25) is 14.2 Å². The number of fused-ring (bicyclic) bond motifs is 1. The fraction of sp³-hybridized carbons (Fsp3) is 0. The van der Waals surface area contributed by atoms with Crippen LogP contribution < -0.4 is 9.44 Å². The lowest BCUT2D eigenvalue weighted by atomic mass is 10.2. The first-order chi connectivity index (χ1) is 5.77. The largest absolute Gasteiger partial charge is 0.287 e. The third-order valence-corrected chi connectivity index (χ3v) is 2.34. The van der Waals surface area contributed by atoms with E-state index >= 15 is 0 Å². The molecule has 0 aromatic heterocycles. The normalized spacial score (nSPS) is 20.7. The summed E-state index contributed by atoms with van der Waals surface area (Å²) < 4.78 is 15.8. The Morgan fingerprint density at radius 1 is 1.17 bits per heavy atom. The van der Waals surface area contributed by atoms with Crippen LogP contribution in [-0.2, 0) is 11.2 Å². The summed E-state index contributed by atoms with van der Waals surface area (Å²) in [5.74, 6) is -0.303. The average Bonchev–Trinajstić information content (AvgIpc) is 2.04. The van der Waals surface area contributed by atoms with E-state index in [1.165, 1.54) is 0 Å². The number of carbonyl (C=O) groups excluding carboxylic acids is 1. The van der Waals surface area contributed by atoms with Crippen LogP contribution in [0, 0.1) is 0 Å². The molecule has 1 aromatic rings. The lowest BCUT2D eigenvalue weighted by Crippen LogP contribution is -2.35. The Hall–Kier alpha value is -1.36. The van der Waals surface area contributed by atoms with Gasteiger partial charge in [-0.25, -0.2) is 4.21 Å². The molecular weight excluding hydrogens is 176 g/mol. The van der Waals surface area contributed by atoms with Crippen LogP contribution in [-0.4, -0.2) is 10.1 Å². The standard InChI is InChI=1S/C7H6N2O2S/c10-7-5-3-1-2-4-6(5)8-12(11)9-7/h1-4,8H,(H,9,10)/t12-/m0/s1. The van der Waals surface area contributed by atoms with Crippen LogP contribution in [0.1, 0.15) is 10.4 Å². The molecule has 0 spiro atoms. The summed E-state index contributed by atoms with van der Waals surface area (Å²) in [6, 6.07) is 6.93. The molecule has 1 atom stereocenters. The van der Waals surface area contributed by atoms with Gasteiger partial charge in [-0.1, -0.05) is 12.1 Å². The Morgan fingerprint density at radius 3 is 2.75 bits per heavy atom. The highest BCUT2D eigenvalue weighted by molar-refractivity contribution is 7.85. The van der Waals surface area contributed by atoms with Crippen molar-refractivity contribution < 1.29 is 9.00 Å². The maximum Gasteiger partial charge on any atom is 0.266 e. The van der Waals surface area contributed by atoms with Gasteiger partial charge in [0.25, 0.3) is 5.91 Å². The second-order valence-corrected chi connectivity index (χ2v) is 3.29. The van der Waals surface area contributed by atoms with E-state index in [0.29, 0.717) is 11.3 Å². The van der Waals surface area contributed by atoms with Gasteiger partial charge in [0.2, 0.25) is 11.2 Å². The zero-order valence-corrected chi connectivity index (χ0v) is 6.85. The minimum Gasteiger partial charge on any atom is -0.287 e. The molecule has 0 aliphatic carbocycles. The van der Waals surface area contributed by atoms with Crippen molar-refractivity contribution in [3.63, 3.8) is 0 Å². The first-order valence-electron chi connectivity index (χ1n) is 3.36. The number of benzene rings is 1. The number of para-hydroxylation sites is 1. The van der Waals surface area contributed by atoms with Crippen LogP contribution in [0.4, 0.5) is 5.69 Å². The van der Waals surface area contributed by atoms with Crippen molar-refractivity contribution in [3.8, 4) is 0 Å². The monoisotopic (exact) mass is 182 g/mol. The number of hydrogen-bond acceptors (Lipinski definition) is 2. The number of rotatable bonds is 0. The fourth-order valence-electron chi connectivity index (χ4n) is 1.03. The molecule has 2 rings (SSSR count). The summed E-state index contributed by atoms with van der Waals surface area (Å²) in [7, 11) is 0. The molecule has 12 heavy (non-hydrogen) atoms. The van der Waals surface area contributed by atoms with Gasteiger partial charge in [0.1, 0.15) is 0 Å². The number of nitrogens with one attached hydrogen (secondary N) is 2. The lowest BCUT2D eigenvalue weighted by Gasteiger charge is -2.16. The van der Waals surface area contributed by atoms with Crippen LogP contribution in [0.5, 0.6) is 0 Å². The lowest BCUT2D eigenvalue weighted by molar-refractivity contribution is 0.0982. The predicted molar refractivity (Wildman–Crippen MR) is 45.7 cm³/mol. The molecule has 2 N–H and O–H groups in total. The van der Waals surface area contributed by atoms with Gasteiger partial charge < -0.3 is 0 Å². The molecule has 1 aliphatic rings. The van der Waals surface area contributed by atoms with Gasteiger partial charge in [-0.05, 0) is 12.1 Å². The third kappa shape index (κ3) is 1.08. The van der Waals surface area contributed by atoms with Crippen molar-refractivity contribution >= 4 is 22.8 Å². The Balaban J connectivity index is 2.54.